The van der Waals surface area contributed by atoms with E-state index in [1.807, 2.05) is 0 Å². The van der Waals surface area contributed by atoms with E-state index < -0.39 is 28.0 Å². The lowest BCUT2D eigenvalue weighted by Crippen LogP contribution is -2.37. The van der Waals surface area contributed by atoms with Gasteiger partial charge in [-0.1, -0.05) is 4.90 Å². The molecular weight excluding hydrogens is 290 g/mol. The summed E-state index contributed by atoms with van der Waals surface area (Å²) in [6, 6.07) is 3.75. The number of rotatable bonds is 5. The average Bonchev–Trinajstić information content (AvgIpc) is 2.48. The zero-order valence-corrected chi connectivity index (χ0v) is 12.1. The maximum Gasteiger partial charge on any atom is 0.403 e. The number of likely N-dealkylation sites (N-methyl/N-ethyl adjacent to an activating group) is 1. The second-order valence-electron chi connectivity index (χ2n) is 4.31. The van der Waals surface area contributed by atoms with Crippen molar-refractivity contribution in [1.29, 1.82) is 5.26 Å². The van der Waals surface area contributed by atoms with Crippen LogP contribution in [0.25, 0.3) is 6.08 Å². The Balaban J connectivity index is 3.33. The standard InChI is InChI=1S/C14H15N3O5/c1-3-16(4-2)14(20)10(8-15)5-9-6-11(17(21)22)13(19)12(18)7-9/h5-7,18-19H,3-4H2,1-2H3/q+1/b10-5+. The first-order chi connectivity index (χ1) is 10.3. The van der Waals surface area contributed by atoms with Crippen molar-refractivity contribution in [2.75, 3.05) is 13.1 Å². The zero-order chi connectivity index (χ0) is 16.9. The molecule has 0 bridgehead atoms. The quantitative estimate of drug-likeness (QED) is 0.212. The van der Waals surface area contributed by atoms with Crippen molar-refractivity contribution in [3.63, 3.8) is 0 Å². The Labute approximate surface area is 126 Å². The summed E-state index contributed by atoms with van der Waals surface area (Å²) in [6.45, 7) is 4.34. The van der Waals surface area contributed by atoms with Gasteiger partial charge in [0, 0.05) is 6.07 Å². The van der Waals surface area contributed by atoms with Gasteiger partial charge in [0.05, 0.1) is 4.92 Å². The Morgan fingerprint density at radius 1 is 1.36 bits per heavy atom. The first-order valence-corrected chi connectivity index (χ1v) is 6.47. The molecule has 0 saturated carbocycles. The third-order valence-electron chi connectivity index (χ3n) is 3.00. The fourth-order valence-corrected chi connectivity index (χ4v) is 1.84. The highest BCUT2D eigenvalue weighted by Crippen LogP contribution is 2.36. The van der Waals surface area contributed by atoms with E-state index >= 15 is 0 Å². The topological polar surface area (TPSA) is 130 Å². The average molecular weight is 305 g/mol. The third kappa shape index (κ3) is 3.59. The van der Waals surface area contributed by atoms with Crippen molar-refractivity contribution in [1.82, 2.24) is 4.90 Å². The lowest BCUT2D eigenvalue weighted by atomic mass is 10.1. The molecule has 115 valence electrons. The van der Waals surface area contributed by atoms with Gasteiger partial charge in [-0.3, -0.25) is 10.1 Å². The summed E-state index contributed by atoms with van der Waals surface area (Å²) in [5.74, 6) is -2.08. The number of hydrogen-bond acceptors (Lipinski definition) is 6. The summed E-state index contributed by atoms with van der Waals surface area (Å²) >= 11 is 0. The maximum absolute atomic E-state index is 12.1. The van der Waals surface area contributed by atoms with Gasteiger partial charge in [-0.25, -0.2) is 4.79 Å². The van der Waals surface area contributed by atoms with Gasteiger partial charge >= 0.3 is 11.6 Å². The van der Waals surface area contributed by atoms with Gasteiger partial charge in [-0.05, 0) is 31.6 Å². The number of nitriles is 1. The van der Waals surface area contributed by atoms with E-state index in [0.29, 0.717) is 13.1 Å². The number of carbonyl (C=O) groups excluding carboxylic acids is 1. The number of benzene rings is 1. The normalized spacial score (nSPS) is 11.3. The molecule has 0 fully saturated rings. The molecule has 8 nitrogen and oxygen atoms in total. The predicted octanol–water partition coefficient (Wildman–Crippen LogP) is 1.62. The lowest BCUT2D eigenvalue weighted by molar-refractivity contribution is -0.386. The summed E-state index contributed by atoms with van der Waals surface area (Å²) in [6.07, 6.45) is 1.13. The molecule has 0 saturated heterocycles. The highest BCUT2D eigenvalue weighted by Gasteiger charge is 2.27. The molecule has 0 atom stereocenters. The molecule has 0 aliphatic rings. The summed E-state index contributed by atoms with van der Waals surface area (Å²) in [5, 5.41) is 38.8. The number of phenolic OH excluding ortho intramolecular Hbond substituents is 2. The largest absolute Gasteiger partial charge is 0.504 e. The van der Waals surface area contributed by atoms with Crippen LogP contribution in [0.1, 0.15) is 19.4 Å². The number of amides is 1. The van der Waals surface area contributed by atoms with Crippen molar-refractivity contribution >= 4 is 17.7 Å². The minimum Gasteiger partial charge on any atom is -0.504 e. The molecule has 0 aliphatic heterocycles. The Morgan fingerprint density at radius 3 is 2.41 bits per heavy atom. The van der Waals surface area contributed by atoms with Gasteiger partial charge in [0.1, 0.15) is 19.2 Å². The van der Waals surface area contributed by atoms with Crippen LogP contribution in [0.5, 0.6) is 11.5 Å². The first kappa shape index (κ1) is 17.1. The summed E-state index contributed by atoms with van der Waals surface area (Å²) in [4.78, 5) is 23.4. The van der Waals surface area contributed by atoms with E-state index in [2.05, 4.69) is 0 Å². The molecule has 22 heavy (non-hydrogen) atoms. The molecule has 8 heteroatoms. The van der Waals surface area contributed by atoms with Crippen LogP contribution in [0.2, 0.25) is 0 Å². The molecule has 1 radical (unpaired) electrons. The highest BCUT2D eigenvalue weighted by atomic mass is 16.6. The van der Waals surface area contributed by atoms with Crippen LogP contribution in [-0.4, -0.2) is 34.1 Å². The molecule has 0 aromatic heterocycles. The van der Waals surface area contributed by atoms with Gasteiger partial charge in [0.15, 0.2) is 11.3 Å². The second-order valence-corrected chi connectivity index (χ2v) is 4.31. The number of nitrogens with zero attached hydrogens (tertiary/aromatic N) is 3. The van der Waals surface area contributed by atoms with E-state index in [-0.39, 0.29) is 11.1 Å². The molecular formula is C14H15N3O5+. The molecule has 0 heterocycles. The van der Waals surface area contributed by atoms with Gasteiger partial charge < -0.3 is 10.2 Å². The number of hydrogen-bond donors (Lipinski definition) is 2. The molecule has 0 spiro atoms. The van der Waals surface area contributed by atoms with Crippen LogP contribution in [0.15, 0.2) is 17.7 Å². The van der Waals surface area contributed by atoms with Gasteiger partial charge in [0.25, 0.3) is 0 Å². The van der Waals surface area contributed by atoms with Crippen molar-refractivity contribution in [3.05, 3.63) is 33.4 Å². The molecule has 1 aromatic carbocycles. The zero-order valence-electron chi connectivity index (χ0n) is 12.1. The minimum atomic E-state index is -0.870. The summed E-state index contributed by atoms with van der Waals surface area (Å²) in [5.41, 5.74) is -0.860. The van der Waals surface area contributed by atoms with Crippen molar-refractivity contribution in [3.8, 4) is 17.6 Å². The molecule has 0 unspecified atom stereocenters. The van der Waals surface area contributed by atoms with Crippen molar-refractivity contribution in [2.45, 2.75) is 13.8 Å². The fraction of sp³-hybridized carbons (Fsp3) is 0.286. The molecule has 1 rings (SSSR count). The summed E-state index contributed by atoms with van der Waals surface area (Å²) in [7, 11) is 0. The fourth-order valence-electron chi connectivity index (χ4n) is 1.84. The van der Waals surface area contributed by atoms with Crippen LogP contribution >= 0.6 is 0 Å². The van der Waals surface area contributed by atoms with Gasteiger partial charge in [-0.2, -0.15) is 5.26 Å². The van der Waals surface area contributed by atoms with Crippen LogP contribution in [0.4, 0.5) is 5.69 Å². The monoisotopic (exact) mass is 305 g/mol. The number of nitro benzene ring substituents is 1. The molecule has 0 aliphatic carbocycles. The van der Waals surface area contributed by atoms with Crippen molar-refractivity contribution in [2.24, 2.45) is 0 Å². The van der Waals surface area contributed by atoms with Crippen LogP contribution in [0, 0.1) is 21.4 Å². The molecule has 2 N–H and O–H groups in total. The summed E-state index contributed by atoms with van der Waals surface area (Å²) < 4.78 is 0. The van der Waals surface area contributed by atoms with Crippen LogP contribution in [-0.2, 0) is 4.79 Å². The third-order valence-corrected chi connectivity index (χ3v) is 3.00. The van der Waals surface area contributed by atoms with Crippen LogP contribution < -0.4 is 4.90 Å². The smallest absolute Gasteiger partial charge is 0.403 e. The van der Waals surface area contributed by atoms with E-state index in [1.54, 1.807) is 19.9 Å². The number of carbonyl (C=O) groups is 1. The predicted molar refractivity (Wildman–Crippen MR) is 78.2 cm³/mol. The second kappa shape index (κ2) is 7.19. The lowest BCUT2D eigenvalue weighted by Gasteiger charge is -2.05. The Hall–Kier alpha value is -2.92. The van der Waals surface area contributed by atoms with E-state index in [0.717, 1.165) is 18.2 Å². The minimum absolute atomic E-state index is 0.0686. The highest BCUT2D eigenvalue weighted by molar-refractivity contribution is 6.03. The molecule has 1 aromatic rings. The molecule has 1 amide bonds. The number of aromatic hydroxyl groups is 2. The number of nitro groups is 1. The van der Waals surface area contributed by atoms with Crippen molar-refractivity contribution < 1.29 is 19.9 Å². The van der Waals surface area contributed by atoms with Gasteiger partial charge in [0.2, 0.25) is 5.75 Å². The number of phenols is 2. The first-order valence-electron chi connectivity index (χ1n) is 6.47. The van der Waals surface area contributed by atoms with E-state index in [1.165, 1.54) is 4.90 Å². The SMILES string of the molecule is CC[N+](CC)C(=O)/C(C#N)=C/c1cc(O)c(O)c([N+](=O)[O-])c1. The van der Waals surface area contributed by atoms with Crippen LogP contribution in [0.3, 0.4) is 0 Å². The Morgan fingerprint density at radius 2 is 1.95 bits per heavy atom. The maximum atomic E-state index is 12.1. The Bertz CT molecular complexity index is 672. The Kier molecular flexibility index (Phi) is 5.60. The van der Waals surface area contributed by atoms with E-state index in [9.17, 15) is 25.1 Å². The van der Waals surface area contributed by atoms with Gasteiger partial charge in [-0.15, -0.1) is 0 Å². The van der Waals surface area contributed by atoms with E-state index in [4.69, 9.17) is 5.26 Å².